The molecule has 0 fully saturated rings. The highest BCUT2D eigenvalue weighted by Crippen LogP contribution is 2.31. The smallest absolute Gasteiger partial charge is 0.291 e. The lowest BCUT2D eigenvalue weighted by atomic mass is 9.95. The van der Waals surface area contributed by atoms with Crippen molar-refractivity contribution >= 4 is 17.5 Å². The van der Waals surface area contributed by atoms with E-state index >= 15 is 0 Å². The first-order chi connectivity index (χ1) is 13.8. The molecule has 2 N–H and O–H groups in total. The molecule has 0 aliphatic carbocycles. The van der Waals surface area contributed by atoms with Crippen molar-refractivity contribution in [1.29, 1.82) is 0 Å². The monoisotopic (exact) mass is 401 g/mol. The molecule has 2 aliphatic heterocycles. The first-order valence-corrected chi connectivity index (χ1v) is 9.83. The van der Waals surface area contributed by atoms with E-state index in [1.807, 2.05) is 4.68 Å². The number of anilines is 1. The van der Waals surface area contributed by atoms with E-state index in [0.29, 0.717) is 11.5 Å². The van der Waals surface area contributed by atoms with Crippen LogP contribution in [0.25, 0.3) is 0 Å². The van der Waals surface area contributed by atoms with Crippen molar-refractivity contribution in [3.05, 3.63) is 35.2 Å². The van der Waals surface area contributed by atoms with E-state index in [4.69, 9.17) is 4.74 Å². The predicted octanol–water partition coefficient (Wildman–Crippen LogP) is 2.39. The van der Waals surface area contributed by atoms with Crippen molar-refractivity contribution < 1.29 is 18.7 Å². The number of rotatable bonds is 3. The maximum Gasteiger partial charge on any atom is 0.291 e. The lowest BCUT2D eigenvalue weighted by Gasteiger charge is -2.26. The van der Waals surface area contributed by atoms with E-state index < -0.39 is 23.7 Å². The molecule has 2 aliphatic rings. The van der Waals surface area contributed by atoms with Crippen LogP contribution in [0, 0.1) is 18.7 Å². The fourth-order valence-electron chi connectivity index (χ4n) is 3.83. The van der Waals surface area contributed by atoms with Gasteiger partial charge in [-0.3, -0.25) is 9.59 Å². The number of hydrogen-bond acceptors (Lipinski definition) is 5. The second kappa shape index (κ2) is 7.46. The second-order valence-corrected chi connectivity index (χ2v) is 7.95. The Morgan fingerprint density at radius 1 is 1.41 bits per heavy atom. The van der Waals surface area contributed by atoms with Gasteiger partial charge < -0.3 is 15.4 Å². The van der Waals surface area contributed by atoms with Gasteiger partial charge in [-0.2, -0.15) is 0 Å². The molecule has 3 heterocycles. The zero-order chi connectivity index (χ0) is 20.7. The number of carbonyl (C=O) groups excluding carboxylic acids is 2. The van der Waals surface area contributed by atoms with Crippen LogP contribution in [0.5, 0.6) is 5.75 Å². The molecule has 1 aromatic carbocycles. The van der Waals surface area contributed by atoms with Gasteiger partial charge in [0.1, 0.15) is 29.9 Å². The highest BCUT2D eigenvalue weighted by molar-refractivity contribution is 6.01. The molecule has 0 radical (unpaired) electrons. The van der Waals surface area contributed by atoms with E-state index in [1.165, 1.54) is 6.07 Å². The van der Waals surface area contributed by atoms with Gasteiger partial charge in [0.15, 0.2) is 5.82 Å². The van der Waals surface area contributed by atoms with Crippen LogP contribution in [-0.2, 0) is 11.2 Å². The SMILES string of the molecule is Cc1cc(F)c2c(c1)OC[C@H](NC(=O)c1nc3n(n1)[C@H](C(C)C)CCC3)C(=O)N2. The Labute approximate surface area is 167 Å². The molecular weight excluding hydrogens is 377 g/mol. The van der Waals surface area contributed by atoms with E-state index in [9.17, 15) is 14.0 Å². The van der Waals surface area contributed by atoms with Crippen molar-refractivity contribution in [3.8, 4) is 5.75 Å². The first-order valence-electron chi connectivity index (χ1n) is 9.83. The first kappa shape index (κ1) is 19.4. The highest BCUT2D eigenvalue weighted by Gasteiger charge is 2.31. The van der Waals surface area contributed by atoms with Crippen LogP contribution in [0.1, 0.15) is 54.7 Å². The summed E-state index contributed by atoms with van der Waals surface area (Å²) >= 11 is 0. The lowest BCUT2D eigenvalue weighted by molar-refractivity contribution is -0.118. The standard InChI is InChI=1S/C20H24FN5O3/c1-10(2)14-5-4-6-16-23-18(25-26(14)16)20(28)22-13-9-29-15-8-11(3)7-12(21)17(15)24-19(13)27/h7-8,10,13-14H,4-6,9H2,1-3H3,(H,22,28)(H,24,27)/t13-,14-/m0/s1. The van der Waals surface area contributed by atoms with Gasteiger partial charge in [-0.1, -0.05) is 13.8 Å². The normalized spacial score (nSPS) is 20.9. The molecule has 0 spiro atoms. The molecule has 8 nitrogen and oxygen atoms in total. The van der Waals surface area contributed by atoms with Crippen molar-refractivity contribution in [3.63, 3.8) is 0 Å². The molecule has 9 heteroatoms. The molecule has 0 saturated carbocycles. The molecule has 4 rings (SSSR count). The minimum Gasteiger partial charge on any atom is -0.489 e. The molecule has 154 valence electrons. The summed E-state index contributed by atoms with van der Waals surface area (Å²) in [6, 6.07) is 2.17. The quantitative estimate of drug-likeness (QED) is 0.823. The molecule has 0 unspecified atom stereocenters. The summed E-state index contributed by atoms with van der Waals surface area (Å²) in [5, 5.41) is 9.50. The average molecular weight is 401 g/mol. The Kier molecular flexibility index (Phi) is 4.97. The summed E-state index contributed by atoms with van der Waals surface area (Å²) in [6.45, 7) is 5.85. The van der Waals surface area contributed by atoms with Crippen molar-refractivity contribution in [2.75, 3.05) is 11.9 Å². The van der Waals surface area contributed by atoms with Crippen LogP contribution in [0.4, 0.5) is 10.1 Å². The topological polar surface area (TPSA) is 98.1 Å². The fourth-order valence-corrected chi connectivity index (χ4v) is 3.83. The third-order valence-corrected chi connectivity index (χ3v) is 5.36. The van der Waals surface area contributed by atoms with Crippen LogP contribution in [0.15, 0.2) is 12.1 Å². The molecule has 2 amide bonds. The molecule has 2 aromatic rings. The van der Waals surface area contributed by atoms with Crippen molar-refractivity contribution in [2.45, 2.75) is 52.1 Å². The summed E-state index contributed by atoms with van der Waals surface area (Å²) in [6.07, 6.45) is 2.77. The van der Waals surface area contributed by atoms with Gasteiger partial charge in [0.25, 0.3) is 11.8 Å². The van der Waals surface area contributed by atoms with Crippen LogP contribution in [-0.4, -0.2) is 39.2 Å². The number of halogens is 1. The Hall–Kier alpha value is -2.97. The fraction of sp³-hybridized carbons (Fsp3) is 0.500. The van der Waals surface area contributed by atoms with Gasteiger partial charge in [0.05, 0.1) is 6.04 Å². The lowest BCUT2D eigenvalue weighted by Crippen LogP contribution is -2.46. The molecular formula is C20H24FN5O3. The Morgan fingerprint density at radius 2 is 2.21 bits per heavy atom. The van der Waals surface area contributed by atoms with Crippen LogP contribution in [0.2, 0.25) is 0 Å². The number of carbonyl (C=O) groups is 2. The largest absolute Gasteiger partial charge is 0.489 e. The zero-order valence-electron chi connectivity index (χ0n) is 16.7. The third-order valence-electron chi connectivity index (χ3n) is 5.36. The highest BCUT2D eigenvalue weighted by atomic mass is 19.1. The van der Waals surface area contributed by atoms with E-state index in [0.717, 1.165) is 25.1 Å². The van der Waals surface area contributed by atoms with Gasteiger partial charge in [0, 0.05) is 6.42 Å². The van der Waals surface area contributed by atoms with Crippen molar-refractivity contribution in [1.82, 2.24) is 20.1 Å². The van der Waals surface area contributed by atoms with Crippen LogP contribution in [0.3, 0.4) is 0 Å². The summed E-state index contributed by atoms with van der Waals surface area (Å²) in [5.41, 5.74) is 0.651. The van der Waals surface area contributed by atoms with E-state index in [2.05, 4.69) is 34.6 Å². The number of benzene rings is 1. The van der Waals surface area contributed by atoms with Crippen LogP contribution >= 0.6 is 0 Å². The molecule has 0 bridgehead atoms. The number of aryl methyl sites for hydroxylation is 2. The maximum atomic E-state index is 14.2. The summed E-state index contributed by atoms with van der Waals surface area (Å²) in [5.74, 6) is -0.253. The van der Waals surface area contributed by atoms with Gasteiger partial charge >= 0.3 is 0 Å². The van der Waals surface area contributed by atoms with E-state index in [1.54, 1.807) is 13.0 Å². The summed E-state index contributed by atoms with van der Waals surface area (Å²) in [4.78, 5) is 29.6. The van der Waals surface area contributed by atoms with E-state index in [-0.39, 0.29) is 29.9 Å². The third kappa shape index (κ3) is 3.68. The predicted molar refractivity (Wildman–Crippen MR) is 103 cm³/mol. The Morgan fingerprint density at radius 3 is 2.97 bits per heavy atom. The number of nitrogens with one attached hydrogen (secondary N) is 2. The molecule has 2 atom stereocenters. The van der Waals surface area contributed by atoms with Crippen LogP contribution < -0.4 is 15.4 Å². The summed E-state index contributed by atoms with van der Waals surface area (Å²) in [7, 11) is 0. The Bertz CT molecular complexity index is 971. The number of amides is 2. The second-order valence-electron chi connectivity index (χ2n) is 7.95. The van der Waals surface area contributed by atoms with Gasteiger partial charge in [-0.25, -0.2) is 14.1 Å². The Balaban J connectivity index is 1.51. The maximum absolute atomic E-state index is 14.2. The molecule has 0 saturated heterocycles. The van der Waals surface area contributed by atoms with Gasteiger partial charge in [-0.15, -0.1) is 5.10 Å². The van der Waals surface area contributed by atoms with Crippen molar-refractivity contribution in [2.24, 2.45) is 5.92 Å². The van der Waals surface area contributed by atoms with Gasteiger partial charge in [0.2, 0.25) is 5.82 Å². The number of nitrogens with zero attached hydrogens (tertiary/aromatic N) is 3. The molecule has 29 heavy (non-hydrogen) atoms. The minimum atomic E-state index is -0.990. The number of hydrogen-bond donors (Lipinski definition) is 2. The van der Waals surface area contributed by atoms with Gasteiger partial charge in [-0.05, 0) is 43.4 Å². The average Bonchev–Trinajstić information content (AvgIpc) is 3.04. The number of aromatic nitrogens is 3. The number of fused-ring (bicyclic) bond motifs is 2. The minimum absolute atomic E-state index is 0.0206. The number of ether oxygens (including phenoxy) is 1. The zero-order valence-corrected chi connectivity index (χ0v) is 16.7. The summed E-state index contributed by atoms with van der Waals surface area (Å²) < 4.78 is 21.6. The molecule has 1 aromatic heterocycles.